The van der Waals surface area contributed by atoms with E-state index < -0.39 is 6.10 Å². The highest BCUT2D eigenvalue weighted by Crippen LogP contribution is 2.37. The molecule has 1 aliphatic carbocycles. The highest BCUT2D eigenvalue weighted by Gasteiger charge is 2.33. The van der Waals surface area contributed by atoms with E-state index in [4.69, 9.17) is 0 Å². The minimum absolute atomic E-state index is 0.408. The molecule has 0 bridgehead atoms. The molecule has 3 rings (SSSR count). The van der Waals surface area contributed by atoms with Gasteiger partial charge in [-0.15, -0.1) is 0 Å². The van der Waals surface area contributed by atoms with Gasteiger partial charge in [0, 0.05) is 18.8 Å². The molecule has 1 aliphatic heterocycles. The van der Waals surface area contributed by atoms with Crippen LogP contribution in [0.2, 0.25) is 0 Å². The van der Waals surface area contributed by atoms with Crippen LogP contribution in [-0.2, 0) is 0 Å². The first kappa shape index (κ1) is 12.9. The third kappa shape index (κ3) is 2.62. The van der Waals surface area contributed by atoms with Gasteiger partial charge in [-0.3, -0.25) is 0 Å². The SMILES string of the molecule is C[C@@H](O)c1ccnc(N2CCCC2C2CCCC2)c1. The maximum Gasteiger partial charge on any atom is 0.129 e. The van der Waals surface area contributed by atoms with Gasteiger partial charge in [-0.05, 0) is 56.2 Å². The molecule has 1 saturated heterocycles. The Bertz CT molecular complexity index is 427. The molecule has 2 heterocycles. The zero-order valence-electron chi connectivity index (χ0n) is 11.8. The molecule has 1 aromatic heterocycles. The van der Waals surface area contributed by atoms with Crippen LogP contribution in [0.4, 0.5) is 5.82 Å². The molecule has 0 amide bonds. The molecule has 2 atom stereocenters. The van der Waals surface area contributed by atoms with Gasteiger partial charge in [0.25, 0.3) is 0 Å². The zero-order chi connectivity index (χ0) is 13.2. The van der Waals surface area contributed by atoms with Gasteiger partial charge in [-0.1, -0.05) is 12.8 Å². The summed E-state index contributed by atoms with van der Waals surface area (Å²) in [5.74, 6) is 1.92. The van der Waals surface area contributed by atoms with Crippen molar-refractivity contribution in [3.63, 3.8) is 0 Å². The van der Waals surface area contributed by atoms with E-state index in [1.54, 1.807) is 0 Å². The number of aliphatic hydroxyl groups is 1. The highest BCUT2D eigenvalue weighted by molar-refractivity contribution is 5.44. The molecule has 0 spiro atoms. The largest absolute Gasteiger partial charge is 0.389 e. The minimum Gasteiger partial charge on any atom is -0.389 e. The lowest BCUT2D eigenvalue weighted by Crippen LogP contribution is -2.35. The molecular weight excluding hydrogens is 236 g/mol. The van der Waals surface area contributed by atoms with Crippen molar-refractivity contribution in [3.05, 3.63) is 23.9 Å². The van der Waals surface area contributed by atoms with E-state index in [-0.39, 0.29) is 0 Å². The normalized spacial score (nSPS) is 26.0. The van der Waals surface area contributed by atoms with Gasteiger partial charge in [0.2, 0.25) is 0 Å². The monoisotopic (exact) mass is 260 g/mol. The van der Waals surface area contributed by atoms with Crippen molar-refractivity contribution in [2.75, 3.05) is 11.4 Å². The highest BCUT2D eigenvalue weighted by atomic mass is 16.3. The quantitative estimate of drug-likeness (QED) is 0.906. The minimum atomic E-state index is -0.408. The Morgan fingerprint density at radius 3 is 2.79 bits per heavy atom. The van der Waals surface area contributed by atoms with Gasteiger partial charge in [0.1, 0.15) is 5.82 Å². The lowest BCUT2D eigenvalue weighted by molar-refractivity contribution is 0.199. The number of aromatic nitrogens is 1. The molecule has 3 nitrogen and oxygen atoms in total. The van der Waals surface area contributed by atoms with Crippen LogP contribution >= 0.6 is 0 Å². The van der Waals surface area contributed by atoms with Crippen molar-refractivity contribution in [1.82, 2.24) is 4.98 Å². The second-order valence-electron chi connectivity index (χ2n) is 6.07. The van der Waals surface area contributed by atoms with Crippen LogP contribution in [0.5, 0.6) is 0 Å². The topological polar surface area (TPSA) is 36.4 Å². The summed E-state index contributed by atoms with van der Waals surface area (Å²) in [6.07, 6.45) is 9.59. The third-order valence-electron chi connectivity index (χ3n) is 4.79. The number of rotatable bonds is 3. The van der Waals surface area contributed by atoms with Crippen LogP contribution < -0.4 is 4.90 Å². The van der Waals surface area contributed by atoms with Crippen molar-refractivity contribution in [3.8, 4) is 0 Å². The Kier molecular flexibility index (Phi) is 3.74. The van der Waals surface area contributed by atoms with Crippen molar-refractivity contribution >= 4 is 5.82 Å². The van der Waals surface area contributed by atoms with Crippen LogP contribution in [0, 0.1) is 5.92 Å². The summed E-state index contributed by atoms with van der Waals surface area (Å²) in [6.45, 7) is 2.94. The summed E-state index contributed by atoms with van der Waals surface area (Å²) in [5.41, 5.74) is 0.974. The van der Waals surface area contributed by atoms with E-state index in [0.29, 0.717) is 6.04 Å². The van der Waals surface area contributed by atoms with Gasteiger partial charge in [0.05, 0.1) is 6.10 Å². The fraction of sp³-hybridized carbons (Fsp3) is 0.688. The molecule has 104 valence electrons. The summed E-state index contributed by atoms with van der Waals surface area (Å²) in [5, 5.41) is 9.72. The smallest absolute Gasteiger partial charge is 0.129 e. The molecule has 1 saturated carbocycles. The summed E-state index contributed by atoms with van der Waals surface area (Å²) < 4.78 is 0. The van der Waals surface area contributed by atoms with E-state index in [1.165, 1.54) is 38.5 Å². The van der Waals surface area contributed by atoms with E-state index in [1.807, 2.05) is 19.2 Å². The molecule has 19 heavy (non-hydrogen) atoms. The molecule has 2 aliphatic rings. The Labute approximate surface area is 115 Å². The lowest BCUT2D eigenvalue weighted by Gasteiger charge is -2.30. The summed E-state index contributed by atoms with van der Waals surface area (Å²) in [6, 6.07) is 4.66. The third-order valence-corrected chi connectivity index (χ3v) is 4.79. The van der Waals surface area contributed by atoms with Gasteiger partial charge < -0.3 is 10.0 Å². The van der Waals surface area contributed by atoms with E-state index in [9.17, 15) is 5.11 Å². The van der Waals surface area contributed by atoms with Gasteiger partial charge in [-0.2, -0.15) is 0 Å². The zero-order valence-corrected chi connectivity index (χ0v) is 11.8. The van der Waals surface area contributed by atoms with Crippen molar-refractivity contribution in [1.29, 1.82) is 0 Å². The number of nitrogens with zero attached hydrogens (tertiary/aromatic N) is 2. The second kappa shape index (κ2) is 5.49. The van der Waals surface area contributed by atoms with E-state index in [0.717, 1.165) is 23.8 Å². The number of aliphatic hydroxyl groups excluding tert-OH is 1. The molecule has 0 aromatic carbocycles. The maximum absolute atomic E-state index is 9.72. The average molecular weight is 260 g/mol. The van der Waals surface area contributed by atoms with Crippen LogP contribution in [0.3, 0.4) is 0 Å². The first-order valence-corrected chi connectivity index (χ1v) is 7.66. The summed E-state index contributed by atoms with van der Waals surface area (Å²) >= 11 is 0. The van der Waals surface area contributed by atoms with Crippen molar-refractivity contribution in [2.45, 2.75) is 57.6 Å². The molecule has 3 heteroatoms. The predicted octanol–water partition coefficient (Wildman–Crippen LogP) is 3.29. The Morgan fingerprint density at radius 2 is 2.05 bits per heavy atom. The van der Waals surface area contributed by atoms with Crippen LogP contribution in [-0.4, -0.2) is 22.7 Å². The maximum atomic E-state index is 9.72. The van der Waals surface area contributed by atoms with E-state index in [2.05, 4.69) is 16.0 Å². The first-order chi connectivity index (χ1) is 9.25. The fourth-order valence-corrected chi connectivity index (χ4v) is 3.76. The van der Waals surface area contributed by atoms with Crippen molar-refractivity contribution in [2.24, 2.45) is 5.92 Å². The van der Waals surface area contributed by atoms with Gasteiger partial charge >= 0.3 is 0 Å². The number of anilines is 1. The number of hydrogen-bond acceptors (Lipinski definition) is 3. The van der Waals surface area contributed by atoms with Crippen molar-refractivity contribution < 1.29 is 5.11 Å². The van der Waals surface area contributed by atoms with Gasteiger partial charge in [-0.25, -0.2) is 4.98 Å². The second-order valence-corrected chi connectivity index (χ2v) is 6.07. The van der Waals surface area contributed by atoms with E-state index >= 15 is 0 Å². The first-order valence-electron chi connectivity index (χ1n) is 7.66. The van der Waals surface area contributed by atoms with Crippen LogP contribution in [0.15, 0.2) is 18.3 Å². The predicted molar refractivity (Wildman–Crippen MR) is 77.2 cm³/mol. The molecule has 0 radical (unpaired) electrons. The van der Waals surface area contributed by atoms with Crippen LogP contribution in [0.1, 0.15) is 57.1 Å². The standard InChI is InChI=1S/C16H24N2O/c1-12(19)14-8-9-17-16(11-14)18-10-4-7-15(18)13-5-2-3-6-13/h8-9,11-13,15,19H,2-7,10H2,1H3/t12-,15?/m1/s1. The molecular formula is C16H24N2O. The molecule has 1 aromatic rings. The fourth-order valence-electron chi connectivity index (χ4n) is 3.76. The van der Waals surface area contributed by atoms with Gasteiger partial charge in [0.15, 0.2) is 0 Å². The molecule has 1 N–H and O–H groups in total. The summed E-state index contributed by atoms with van der Waals surface area (Å²) in [7, 11) is 0. The van der Waals surface area contributed by atoms with Crippen LogP contribution in [0.25, 0.3) is 0 Å². The lowest BCUT2D eigenvalue weighted by atomic mass is 9.96. The Hall–Kier alpha value is -1.09. The molecule has 2 fully saturated rings. The Morgan fingerprint density at radius 1 is 1.26 bits per heavy atom. The Balaban J connectivity index is 1.81. The average Bonchev–Trinajstić information content (AvgIpc) is 3.09. The molecule has 1 unspecified atom stereocenters. The summed E-state index contributed by atoms with van der Waals surface area (Å²) in [4.78, 5) is 7.03. The number of hydrogen-bond donors (Lipinski definition) is 1. The number of pyridine rings is 1.